The zero-order valence-corrected chi connectivity index (χ0v) is 7.69. The Morgan fingerprint density at radius 2 is 2.36 bits per heavy atom. The van der Waals surface area contributed by atoms with E-state index in [1.165, 1.54) is 5.57 Å². The Bertz CT molecular complexity index is 202. The Balaban J connectivity index is 2.18. The normalized spacial score (nSPS) is 49.2. The van der Waals surface area contributed by atoms with E-state index in [4.69, 9.17) is 5.73 Å². The summed E-state index contributed by atoms with van der Waals surface area (Å²) in [5, 5.41) is 4.05. The van der Waals surface area contributed by atoms with Crippen molar-refractivity contribution in [2.24, 2.45) is 11.7 Å². The van der Waals surface area contributed by atoms with Crippen molar-refractivity contribution in [3.8, 4) is 0 Å². The van der Waals surface area contributed by atoms with Gasteiger partial charge in [0.25, 0.3) is 0 Å². The third-order valence-electron chi connectivity index (χ3n) is 2.51. The Hall–Kier alpha value is 0.01000. The highest BCUT2D eigenvalue weighted by Gasteiger charge is 2.40. The molecular formula is C8H14N2S. The molecule has 0 aromatic carbocycles. The topological polar surface area (TPSA) is 38.0 Å². The van der Waals surface area contributed by atoms with Crippen molar-refractivity contribution >= 4 is 11.8 Å². The van der Waals surface area contributed by atoms with Crippen LogP contribution in [0.5, 0.6) is 0 Å². The molecule has 0 aromatic heterocycles. The highest BCUT2D eigenvalue weighted by Crippen LogP contribution is 2.39. The minimum atomic E-state index is 0.149. The van der Waals surface area contributed by atoms with Crippen molar-refractivity contribution in [1.29, 1.82) is 0 Å². The van der Waals surface area contributed by atoms with E-state index in [0.717, 1.165) is 0 Å². The summed E-state index contributed by atoms with van der Waals surface area (Å²) in [6.45, 7) is 4.45. The molecule has 2 nitrogen and oxygen atoms in total. The van der Waals surface area contributed by atoms with Crippen LogP contribution >= 0.6 is 11.8 Å². The average molecular weight is 170 g/mol. The number of nitrogens with one attached hydrogen (secondary N) is 1. The number of nitrogens with two attached hydrogens (primary N) is 1. The van der Waals surface area contributed by atoms with E-state index in [9.17, 15) is 0 Å². The molecule has 2 aliphatic rings. The molecule has 11 heavy (non-hydrogen) atoms. The van der Waals surface area contributed by atoms with Crippen molar-refractivity contribution in [1.82, 2.24) is 5.32 Å². The third-order valence-corrected chi connectivity index (χ3v) is 3.96. The number of hydrogen-bond acceptors (Lipinski definition) is 3. The first-order valence-corrected chi connectivity index (χ1v) is 4.98. The van der Waals surface area contributed by atoms with Gasteiger partial charge in [0, 0.05) is 11.3 Å². The van der Waals surface area contributed by atoms with E-state index in [-0.39, 0.29) is 5.50 Å². The minimum absolute atomic E-state index is 0.149. The molecule has 0 bridgehead atoms. The van der Waals surface area contributed by atoms with Crippen molar-refractivity contribution in [2.75, 3.05) is 0 Å². The number of thioether (sulfide) groups is 1. The summed E-state index contributed by atoms with van der Waals surface area (Å²) in [5.74, 6) is 0.686. The van der Waals surface area contributed by atoms with Gasteiger partial charge in [-0.25, -0.2) is 0 Å². The van der Waals surface area contributed by atoms with E-state index in [2.05, 4.69) is 25.2 Å². The molecule has 62 valence electrons. The maximum atomic E-state index is 5.77. The van der Waals surface area contributed by atoms with E-state index in [1.807, 2.05) is 11.8 Å². The van der Waals surface area contributed by atoms with Gasteiger partial charge in [-0.2, -0.15) is 0 Å². The van der Waals surface area contributed by atoms with Gasteiger partial charge in [0.1, 0.15) is 5.50 Å². The number of allylic oxidation sites excluding steroid dienone is 1. The monoisotopic (exact) mass is 170 g/mol. The van der Waals surface area contributed by atoms with Gasteiger partial charge < -0.3 is 5.73 Å². The van der Waals surface area contributed by atoms with Gasteiger partial charge in [0.05, 0.1) is 0 Å². The van der Waals surface area contributed by atoms with Crippen LogP contribution in [0.4, 0.5) is 0 Å². The largest absolute Gasteiger partial charge is 0.307 e. The standard InChI is InChI=1S/C8H14N2S/c1-4-3-5(2)7-6(4)10-8(9)11-7/h3,5-8,10H,9H2,1-2H3/t5-,6?,7?,8?/m1/s1. The summed E-state index contributed by atoms with van der Waals surface area (Å²) < 4.78 is 0. The van der Waals surface area contributed by atoms with Gasteiger partial charge in [0.15, 0.2) is 0 Å². The van der Waals surface area contributed by atoms with Crippen LogP contribution in [-0.4, -0.2) is 16.8 Å². The second-order valence-corrected chi connectivity index (χ2v) is 4.76. The highest BCUT2D eigenvalue weighted by atomic mass is 32.2. The molecule has 3 heteroatoms. The van der Waals surface area contributed by atoms with Crippen LogP contribution in [0, 0.1) is 5.92 Å². The van der Waals surface area contributed by atoms with Crippen molar-refractivity contribution < 1.29 is 0 Å². The molecule has 0 amide bonds. The quantitative estimate of drug-likeness (QED) is 0.530. The molecule has 0 radical (unpaired) electrons. The zero-order valence-electron chi connectivity index (χ0n) is 6.87. The van der Waals surface area contributed by atoms with Crippen LogP contribution in [0.15, 0.2) is 11.6 Å². The molecule has 3 N–H and O–H groups in total. The van der Waals surface area contributed by atoms with Crippen molar-refractivity contribution in [2.45, 2.75) is 30.6 Å². The first-order valence-electron chi connectivity index (χ1n) is 4.04. The van der Waals surface area contributed by atoms with Gasteiger partial charge in [-0.05, 0) is 12.8 Å². The predicted molar refractivity (Wildman–Crippen MR) is 49.2 cm³/mol. The van der Waals surface area contributed by atoms with Gasteiger partial charge in [0.2, 0.25) is 0 Å². The summed E-state index contributed by atoms with van der Waals surface area (Å²) in [6.07, 6.45) is 2.35. The molecule has 4 atom stereocenters. The van der Waals surface area contributed by atoms with Gasteiger partial charge >= 0.3 is 0 Å². The number of rotatable bonds is 0. The van der Waals surface area contributed by atoms with E-state index in [1.54, 1.807) is 0 Å². The van der Waals surface area contributed by atoms with Crippen molar-refractivity contribution in [3.05, 3.63) is 11.6 Å². The fourth-order valence-corrected chi connectivity index (χ4v) is 3.33. The van der Waals surface area contributed by atoms with Gasteiger partial charge in [-0.1, -0.05) is 18.6 Å². The molecule has 1 saturated heterocycles. The van der Waals surface area contributed by atoms with E-state index in [0.29, 0.717) is 17.2 Å². The third kappa shape index (κ3) is 1.11. The molecule has 3 unspecified atom stereocenters. The lowest BCUT2D eigenvalue weighted by molar-refractivity contribution is 0.564. The van der Waals surface area contributed by atoms with E-state index < -0.39 is 0 Å². The second kappa shape index (κ2) is 2.51. The highest BCUT2D eigenvalue weighted by molar-refractivity contribution is 8.00. The minimum Gasteiger partial charge on any atom is -0.307 e. The summed E-state index contributed by atoms with van der Waals surface area (Å²) in [4.78, 5) is 0. The number of fused-ring (bicyclic) bond motifs is 1. The molecule has 1 aliphatic heterocycles. The summed E-state index contributed by atoms with van der Waals surface area (Å²) >= 11 is 1.86. The van der Waals surface area contributed by atoms with Gasteiger partial charge in [-0.3, -0.25) is 5.32 Å². The molecule has 0 spiro atoms. The predicted octanol–water partition coefficient (Wildman–Crippen LogP) is 0.898. The first-order chi connectivity index (χ1) is 5.18. The SMILES string of the molecule is CC1=C[C@@H](C)C2SC(N)NC12. The van der Waals surface area contributed by atoms with Crippen LogP contribution in [-0.2, 0) is 0 Å². The van der Waals surface area contributed by atoms with Gasteiger partial charge in [-0.15, -0.1) is 11.8 Å². The lowest BCUT2D eigenvalue weighted by atomic mass is 10.1. The Kier molecular flexibility index (Phi) is 1.74. The van der Waals surface area contributed by atoms with Crippen LogP contribution in [0.3, 0.4) is 0 Å². The lowest BCUT2D eigenvalue weighted by Gasteiger charge is -2.12. The van der Waals surface area contributed by atoms with Crippen LogP contribution in [0.2, 0.25) is 0 Å². The fourth-order valence-electron chi connectivity index (χ4n) is 1.99. The second-order valence-electron chi connectivity index (χ2n) is 3.44. The Morgan fingerprint density at radius 1 is 1.64 bits per heavy atom. The number of hydrogen-bond donors (Lipinski definition) is 2. The molecule has 0 aromatic rings. The van der Waals surface area contributed by atoms with Crippen LogP contribution in [0.25, 0.3) is 0 Å². The average Bonchev–Trinajstić information content (AvgIpc) is 2.38. The van der Waals surface area contributed by atoms with Crippen molar-refractivity contribution in [3.63, 3.8) is 0 Å². The molecule has 0 saturated carbocycles. The smallest absolute Gasteiger partial charge is 0.104 e. The molecule has 2 rings (SSSR count). The summed E-state index contributed by atoms with van der Waals surface area (Å²) in [6, 6.07) is 0.546. The van der Waals surface area contributed by atoms with Crippen LogP contribution < -0.4 is 11.1 Å². The summed E-state index contributed by atoms with van der Waals surface area (Å²) in [7, 11) is 0. The fraction of sp³-hybridized carbons (Fsp3) is 0.750. The maximum absolute atomic E-state index is 5.77. The molecular weight excluding hydrogens is 156 g/mol. The molecule has 1 aliphatic carbocycles. The maximum Gasteiger partial charge on any atom is 0.104 e. The van der Waals surface area contributed by atoms with Crippen LogP contribution in [0.1, 0.15) is 13.8 Å². The Labute approximate surface area is 71.6 Å². The Morgan fingerprint density at radius 3 is 3.00 bits per heavy atom. The molecule has 1 heterocycles. The first kappa shape index (κ1) is 7.65. The van der Waals surface area contributed by atoms with E-state index >= 15 is 0 Å². The summed E-state index contributed by atoms with van der Waals surface area (Å²) in [5.41, 5.74) is 7.38. The zero-order chi connectivity index (χ0) is 8.01. The molecule has 1 fully saturated rings. The lowest BCUT2D eigenvalue weighted by Crippen LogP contribution is -2.36.